The van der Waals surface area contributed by atoms with Crippen LogP contribution >= 0.6 is 11.6 Å². The van der Waals surface area contributed by atoms with Gasteiger partial charge in [0.15, 0.2) is 5.82 Å². The summed E-state index contributed by atoms with van der Waals surface area (Å²) in [7, 11) is 0. The topological polar surface area (TPSA) is 73.1 Å². The monoisotopic (exact) mass is 330 g/mol. The van der Waals surface area contributed by atoms with Crippen molar-refractivity contribution in [3.05, 3.63) is 64.6 Å². The van der Waals surface area contributed by atoms with Gasteiger partial charge < -0.3 is 9.84 Å². The van der Waals surface area contributed by atoms with Gasteiger partial charge in [0, 0.05) is 10.6 Å². The van der Waals surface area contributed by atoms with Crippen LogP contribution in [-0.4, -0.2) is 25.1 Å². The van der Waals surface area contributed by atoms with Crippen molar-refractivity contribution in [3.8, 4) is 11.6 Å². The van der Waals surface area contributed by atoms with E-state index in [1.54, 1.807) is 24.5 Å². The van der Waals surface area contributed by atoms with E-state index in [1.165, 1.54) is 4.68 Å². The highest BCUT2D eigenvalue weighted by atomic mass is 35.5. The van der Waals surface area contributed by atoms with E-state index in [0.717, 1.165) is 11.1 Å². The Morgan fingerprint density at radius 2 is 2.13 bits per heavy atom. The van der Waals surface area contributed by atoms with Crippen LogP contribution in [0, 0.1) is 6.92 Å². The molecule has 0 saturated carbocycles. The summed E-state index contributed by atoms with van der Waals surface area (Å²) in [5.74, 6) is 1.23. The van der Waals surface area contributed by atoms with Crippen molar-refractivity contribution in [1.82, 2.24) is 20.0 Å². The summed E-state index contributed by atoms with van der Waals surface area (Å²) in [6.45, 7) is 2.22. The third-order valence-corrected chi connectivity index (χ3v) is 3.75. The summed E-state index contributed by atoms with van der Waals surface area (Å²) >= 11 is 6.18. The largest absolute Gasteiger partial charge is 0.487 e. The molecule has 7 heteroatoms. The molecular weight excluding hydrogens is 316 g/mol. The number of ether oxygens (including phenoxy) is 1. The Kier molecular flexibility index (Phi) is 4.55. The van der Waals surface area contributed by atoms with E-state index in [0.29, 0.717) is 28.9 Å². The van der Waals surface area contributed by atoms with E-state index < -0.39 is 0 Å². The van der Waals surface area contributed by atoms with Gasteiger partial charge in [-0.2, -0.15) is 0 Å². The zero-order chi connectivity index (χ0) is 16.2. The molecule has 0 spiro atoms. The molecule has 0 atom stereocenters. The highest BCUT2D eigenvalue weighted by Crippen LogP contribution is 2.22. The van der Waals surface area contributed by atoms with Crippen LogP contribution in [-0.2, 0) is 13.2 Å². The number of aliphatic hydroxyl groups is 1. The van der Waals surface area contributed by atoms with Gasteiger partial charge in [0.1, 0.15) is 18.1 Å². The molecule has 0 radical (unpaired) electrons. The summed E-state index contributed by atoms with van der Waals surface area (Å²) in [6, 6.07) is 9.32. The molecule has 0 aliphatic heterocycles. The van der Waals surface area contributed by atoms with Crippen LogP contribution in [0.1, 0.15) is 16.8 Å². The predicted molar refractivity (Wildman–Crippen MR) is 85.6 cm³/mol. The Morgan fingerprint density at radius 1 is 1.26 bits per heavy atom. The zero-order valence-electron chi connectivity index (χ0n) is 12.5. The lowest BCUT2D eigenvalue weighted by atomic mass is 10.1. The van der Waals surface area contributed by atoms with Gasteiger partial charge in [-0.3, -0.25) is 0 Å². The number of halogens is 1. The molecule has 0 unspecified atom stereocenters. The summed E-state index contributed by atoms with van der Waals surface area (Å²) < 4.78 is 7.23. The van der Waals surface area contributed by atoms with Gasteiger partial charge in [0.2, 0.25) is 0 Å². The normalized spacial score (nSPS) is 10.7. The van der Waals surface area contributed by atoms with Crippen LogP contribution in [0.25, 0.3) is 5.82 Å². The SMILES string of the molecule is Cc1cccc(Cl)c1COc1ccc(-n2cc(CO)nn2)nc1. The van der Waals surface area contributed by atoms with E-state index in [1.807, 2.05) is 25.1 Å². The Morgan fingerprint density at radius 3 is 2.78 bits per heavy atom. The fourth-order valence-electron chi connectivity index (χ4n) is 2.08. The number of nitrogens with zero attached hydrogens (tertiary/aromatic N) is 4. The van der Waals surface area contributed by atoms with E-state index in [9.17, 15) is 0 Å². The molecule has 0 aliphatic carbocycles. The van der Waals surface area contributed by atoms with Crippen molar-refractivity contribution >= 4 is 11.6 Å². The molecule has 0 amide bonds. The summed E-state index contributed by atoms with van der Waals surface area (Å²) in [6.07, 6.45) is 3.23. The molecule has 23 heavy (non-hydrogen) atoms. The van der Waals surface area contributed by atoms with Crippen molar-refractivity contribution < 1.29 is 9.84 Å². The number of aryl methyl sites for hydroxylation is 1. The lowest BCUT2D eigenvalue weighted by Gasteiger charge is -2.10. The van der Waals surface area contributed by atoms with Crippen LogP contribution in [0.4, 0.5) is 0 Å². The molecule has 3 aromatic rings. The van der Waals surface area contributed by atoms with E-state index in [-0.39, 0.29) is 6.61 Å². The number of aromatic nitrogens is 4. The smallest absolute Gasteiger partial charge is 0.155 e. The minimum absolute atomic E-state index is 0.154. The molecule has 118 valence electrons. The van der Waals surface area contributed by atoms with Crippen LogP contribution in [0.5, 0.6) is 5.75 Å². The first-order valence-corrected chi connectivity index (χ1v) is 7.40. The first-order valence-electron chi connectivity index (χ1n) is 7.02. The number of pyridine rings is 1. The molecule has 0 bridgehead atoms. The first kappa shape index (κ1) is 15.5. The number of hydrogen-bond donors (Lipinski definition) is 1. The van der Waals surface area contributed by atoms with Crippen molar-refractivity contribution in [3.63, 3.8) is 0 Å². The van der Waals surface area contributed by atoms with Gasteiger partial charge in [-0.1, -0.05) is 28.9 Å². The fraction of sp³-hybridized carbons (Fsp3) is 0.188. The molecule has 0 fully saturated rings. The second-order valence-corrected chi connectivity index (χ2v) is 5.40. The zero-order valence-corrected chi connectivity index (χ0v) is 13.2. The van der Waals surface area contributed by atoms with Gasteiger partial charge >= 0.3 is 0 Å². The van der Waals surface area contributed by atoms with Crippen LogP contribution < -0.4 is 4.74 Å². The third kappa shape index (κ3) is 3.49. The number of aliphatic hydroxyl groups excluding tert-OH is 1. The summed E-state index contributed by atoms with van der Waals surface area (Å²) in [5.41, 5.74) is 2.53. The van der Waals surface area contributed by atoms with Crippen LogP contribution in [0.3, 0.4) is 0 Å². The second kappa shape index (κ2) is 6.76. The van der Waals surface area contributed by atoms with E-state index in [4.69, 9.17) is 21.4 Å². The number of rotatable bonds is 5. The Balaban J connectivity index is 1.70. The maximum Gasteiger partial charge on any atom is 0.155 e. The average molecular weight is 331 g/mol. The van der Waals surface area contributed by atoms with Gasteiger partial charge in [-0.15, -0.1) is 5.10 Å². The van der Waals surface area contributed by atoms with Crippen molar-refractivity contribution in [1.29, 1.82) is 0 Å². The second-order valence-electron chi connectivity index (χ2n) is 4.99. The number of hydrogen-bond acceptors (Lipinski definition) is 5. The Labute approximate surface area is 138 Å². The summed E-state index contributed by atoms with van der Waals surface area (Å²) in [5, 5.41) is 17.4. The Bertz CT molecular complexity index is 782. The molecular formula is C16H15ClN4O2. The van der Waals surface area contributed by atoms with Crippen LogP contribution in [0.2, 0.25) is 5.02 Å². The van der Waals surface area contributed by atoms with Gasteiger partial charge in [-0.25, -0.2) is 9.67 Å². The minimum atomic E-state index is -0.154. The van der Waals surface area contributed by atoms with Crippen molar-refractivity contribution in [2.24, 2.45) is 0 Å². The Hall–Kier alpha value is -2.44. The maximum atomic E-state index is 9.00. The average Bonchev–Trinajstić information content (AvgIpc) is 3.04. The lowest BCUT2D eigenvalue weighted by Crippen LogP contribution is -2.01. The maximum absolute atomic E-state index is 9.00. The van der Waals surface area contributed by atoms with Crippen molar-refractivity contribution in [2.75, 3.05) is 0 Å². The van der Waals surface area contributed by atoms with Gasteiger partial charge in [0.25, 0.3) is 0 Å². The van der Waals surface area contributed by atoms with E-state index >= 15 is 0 Å². The standard InChI is InChI=1S/C16H15ClN4O2/c1-11-3-2-4-15(17)14(11)10-23-13-5-6-16(18-7-13)21-8-12(9-22)19-20-21/h2-8,22H,9-10H2,1H3. The quantitative estimate of drug-likeness (QED) is 0.778. The molecule has 0 saturated heterocycles. The minimum Gasteiger partial charge on any atom is -0.487 e. The molecule has 1 aromatic carbocycles. The molecule has 3 rings (SSSR count). The highest BCUT2D eigenvalue weighted by Gasteiger charge is 2.06. The predicted octanol–water partition coefficient (Wildman–Crippen LogP) is 2.70. The van der Waals surface area contributed by atoms with E-state index in [2.05, 4.69) is 15.3 Å². The molecule has 0 aliphatic rings. The number of benzene rings is 1. The first-order chi connectivity index (χ1) is 11.2. The highest BCUT2D eigenvalue weighted by molar-refractivity contribution is 6.31. The summed E-state index contributed by atoms with van der Waals surface area (Å²) in [4.78, 5) is 4.27. The van der Waals surface area contributed by atoms with Gasteiger partial charge in [0.05, 0.1) is 19.0 Å². The van der Waals surface area contributed by atoms with Crippen LogP contribution in [0.15, 0.2) is 42.7 Å². The van der Waals surface area contributed by atoms with Crippen molar-refractivity contribution in [2.45, 2.75) is 20.1 Å². The lowest BCUT2D eigenvalue weighted by molar-refractivity contribution is 0.276. The molecule has 2 aromatic heterocycles. The molecule has 6 nitrogen and oxygen atoms in total. The van der Waals surface area contributed by atoms with Gasteiger partial charge in [-0.05, 0) is 30.7 Å². The molecule has 2 heterocycles. The fourth-order valence-corrected chi connectivity index (χ4v) is 2.36. The molecule has 1 N–H and O–H groups in total. The third-order valence-electron chi connectivity index (χ3n) is 3.39.